The maximum absolute atomic E-state index is 4.91. The third-order valence-electron chi connectivity index (χ3n) is 11.9. The van der Waals surface area contributed by atoms with Gasteiger partial charge >= 0.3 is 0 Å². The van der Waals surface area contributed by atoms with Crippen molar-refractivity contribution in [2.45, 2.75) is 19.3 Å². The fourth-order valence-corrected chi connectivity index (χ4v) is 9.23. The van der Waals surface area contributed by atoms with E-state index in [4.69, 9.17) is 4.98 Å². The number of nitrogens with zero attached hydrogens (tertiary/aromatic N) is 2. The van der Waals surface area contributed by atoms with Crippen LogP contribution >= 0.6 is 0 Å². The second kappa shape index (κ2) is 12.1. The van der Waals surface area contributed by atoms with Gasteiger partial charge in [-0.25, -0.2) is 0 Å². The van der Waals surface area contributed by atoms with Crippen LogP contribution in [0.2, 0.25) is 0 Å². The predicted octanol–water partition coefficient (Wildman–Crippen LogP) is 14.1. The molecule has 0 radical (unpaired) electrons. The van der Waals surface area contributed by atoms with Crippen LogP contribution in [-0.4, -0.2) is 9.97 Å². The van der Waals surface area contributed by atoms with Crippen LogP contribution in [0.25, 0.3) is 99.0 Å². The van der Waals surface area contributed by atoms with Crippen molar-refractivity contribution >= 4 is 43.1 Å². The lowest BCUT2D eigenvalue weighted by Gasteiger charge is -2.24. The van der Waals surface area contributed by atoms with Gasteiger partial charge in [0, 0.05) is 23.4 Å². The number of rotatable bonds is 4. The summed E-state index contributed by atoms with van der Waals surface area (Å²) in [6.45, 7) is 4.77. The van der Waals surface area contributed by atoms with Gasteiger partial charge in [0.05, 0.1) is 11.4 Å². The largest absolute Gasteiger partial charge is 0.255 e. The molecule has 0 unspecified atom stereocenters. The van der Waals surface area contributed by atoms with Gasteiger partial charge in [-0.3, -0.25) is 9.97 Å². The predicted molar refractivity (Wildman–Crippen MR) is 231 cm³/mol. The summed E-state index contributed by atoms with van der Waals surface area (Å²) < 4.78 is 0. The van der Waals surface area contributed by atoms with Crippen LogP contribution in [0.1, 0.15) is 25.0 Å². The van der Waals surface area contributed by atoms with Gasteiger partial charge in [0.2, 0.25) is 0 Å². The van der Waals surface area contributed by atoms with Crippen LogP contribution in [0.3, 0.4) is 0 Å². The van der Waals surface area contributed by atoms with Gasteiger partial charge in [0.1, 0.15) is 0 Å². The molecule has 0 atom stereocenters. The van der Waals surface area contributed by atoms with Crippen LogP contribution in [0, 0.1) is 0 Å². The fraction of sp³-hybridized carbons (Fsp3) is 0.0566. The molecule has 0 saturated heterocycles. The monoisotopic (exact) mass is 700 g/mol. The van der Waals surface area contributed by atoms with E-state index in [-0.39, 0.29) is 5.41 Å². The van der Waals surface area contributed by atoms with Gasteiger partial charge in [0.25, 0.3) is 0 Å². The third kappa shape index (κ3) is 4.88. The highest BCUT2D eigenvalue weighted by molar-refractivity contribution is 6.23. The molecule has 258 valence electrons. The van der Waals surface area contributed by atoms with Gasteiger partial charge in [0.15, 0.2) is 0 Å². The van der Waals surface area contributed by atoms with E-state index in [1.54, 1.807) is 0 Å². The van der Waals surface area contributed by atoms with Crippen molar-refractivity contribution in [3.63, 3.8) is 0 Å². The summed E-state index contributed by atoms with van der Waals surface area (Å²) in [6, 6.07) is 62.4. The van der Waals surface area contributed by atoms with Crippen molar-refractivity contribution < 1.29 is 0 Å². The Bertz CT molecular complexity index is 3160. The molecule has 0 amide bonds. The van der Waals surface area contributed by atoms with Crippen LogP contribution in [0.4, 0.5) is 0 Å². The molecule has 2 nitrogen and oxygen atoms in total. The minimum Gasteiger partial charge on any atom is -0.255 e. The topological polar surface area (TPSA) is 25.8 Å². The minimum absolute atomic E-state index is 0.217. The number of hydrogen-bond acceptors (Lipinski definition) is 2. The molecular weight excluding hydrogens is 665 g/mol. The first kappa shape index (κ1) is 31.6. The Morgan fingerprint density at radius 3 is 1.56 bits per heavy atom. The van der Waals surface area contributed by atoms with Gasteiger partial charge in [-0.15, -0.1) is 0 Å². The molecule has 55 heavy (non-hydrogen) atoms. The van der Waals surface area contributed by atoms with Crippen molar-refractivity contribution in [3.8, 4) is 55.9 Å². The molecule has 0 spiro atoms. The number of aromatic nitrogens is 2. The summed E-state index contributed by atoms with van der Waals surface area (Å²) in [5.74, 6) is 0. The van der Waals surface area contributed by atoms with Gasteiger partial charge < -0.3 is 0 Å². The Morgan fingerprint density at radius 1 is 0.364 bits per heavy atom. The summed E-state index contributed by atoms with van der Waals surface area (Å²) in [4.78, 5) is 9.45. The van der Waals surface area contributed by atoms with E-state index in [1.165, 1.54) is 93.2 Å². The lowest BCUT2D eigenvalue weighted by atomic mass is 9.79. The van der Waals surface area contributed by atoms with Crippen molar-refractivity contribution in [1.82, 2.24) is 9.97 Å². The molecule has 1 aliphatic rings. The van der Waals surface area contributed by atoms with Gasteiger partial charge in [-0.05, 0) is 136 Å². The Morgan fingerprint density at radius 2 is 0.945 bits per heavy atom. The molecule has 11 rings (SSSR count). The molecule has 2 heteroatoms. The van der Waals surface area contributed by atoms with Crippen molar-refractivity contribution in [2.75, 3.05) is 0 Å². The molecule has 0 aliphatic heterocycles. The van der Waals surface area contributed by atoms with E-state index < -0.39 is 0 Å². The molecule has 2 heterocycles. The number of pyridine rings is 2. The summed E-state index contributed by atoms with van der Waals surface area (Å²) in [5, 5.41) is 10.0. The average Bonchev–Trinajstić information content (AvgIpc) is 3.47. The van der Waals surface area contributed by atoms with E-state index in [2.05, 4.69) is 170 Å². The Labute approximate surface area is 320 Å². The molecule has 0 saturated carbocycles. The number of hydrogen-bond donors (Lipinski definition) is 0. The SMILES string of the molecule is CC1(C)c2cc3c(-c4ccc5ccccc5c4)c4ccccc4c(-c4ccc5ccccc5c4)c3cc2-c2c(-c3ccc(-c4ccccn4)nc3)cccc21. The van der Waals surface area contributed by atoms with E-state index in [0.29, 0.717) is 0 Å². The van der Waals surface area contributed by atoms with Crippen LogP contribution in [-0.2, 0) is 5.41 Å². The zero-order valence-corrected chi connectivity index (χ0v) is 30.7. The van der Waals surface area contributed by atoms with Crippen LogP contribution in [0.5, 0.6) is 0 Å². The molecule has 8 aromatic carbocycles. The quantitative estimate of drug-likeness (QED) is 0.171. The van der Waals surface area contributed by atoms with Crippen molar-refractivity contribution in [3.05, 3.63) is 193 Å². The average molecular weight is 701 g/mol. The third-order valence-corrected chi connectivity index (χ3v) is 11.9. The van der Waals surface area contributed by atoms with E-state index in [1.807, 2.05) is 30.6 Å². The highest BCUT2D eigenvalue weighted by atomic mass is 14.8. The Kier molecular flexibility index (Phi) is 6.93. The number of benzene rings is 8. The van der Waals surface area contributed by atoms with Gasteiger partial charge in [-0.1, -0.05) is 141 Å². The maximum atomic E-state index is 4.91. The van der Waals surface area contributed by atoms with Crippen LogP contribution < -0.4 is 0 Å². The summed E-state index contributed by atoms with van der Waals surface area (Å²) in [7, 11) is 0. The maximum Gasteiger partial charge on any atom is 0.0886 e. The molecule has 10 aromatic rings. The smallest absolute Gasteiger partial charge is 0.0886 e. The molecule has 0 bridgehead atoms. The lowest BCUT2D eigenvalue weighted by Crippen LogP contribution is -2.15. The second-order valence-corrected chi connectivity index (χ2v) is 15.4. The Balaban J connectivity index is 1.23. The summed E-state index contributed by atoms with van der Waals surface area (Å²) >= 11 is 0. The van der Waals surface area contributed by atoms with E-state index in [0.717, 1.165) is 17.0 Å². The highest BCUT2D eigenvalue weighted by Crippen LogP contribution is 2.55. The summed E-state index contributed by atoms with van der Waals surface area (Å²) in [6.07, 6.45) is 3.83. The minimum atomic E-state index is -0.217. The zero-order valence-electron chi connectivity index (χ0n) is 30.7. The Hall–Kier alpha value is -6.90. The molecule has 0 fully saturated rings. The van der Waals surface area contributed by atoms with Crippen LogP contribution in [0.15, 0.2) is 182 Å². The first-order chi connectivity index (χ1) is 27.0. The first-order valence-electron chi connectivity index (χ1n) is 19.1. The van der Waals surface area contributed by atoms with E-state index >= 15 is 0 Å². The zero-order chi connectivity index (χ0) is 36.7. The number of fused-ring (bicyclic) bond motifs is 7. The van der Waals surface area contributed by atoms with Crippen molar-refractivity contribution in [2.24, 2.45) is 0 Å². The molecular formula is C53H36N2. The molecule has 0 N–H and O–H groups in total. The normalized spacial score (nSPS) is 13.1. The van der Waals surface area contributed by atoms with Crippen molar-refractivity contribution in [1.29, 1.82) is 0 Å². The fourth-order valence-electron chi connectivity index (χ4n) is 9.23. The first-order valence-corrected chi connectivity index (χ1v) is 19.1. The van der Waals surface area contributed by atoms with E-state index in [9.17, 15) is 0 Å². The van der Waals surface area contributed by atoms with Gasteiger partial charge in [-0.2, -0.15) is 0 Å². The second-order valence-electron chi connectivity index (χ2n) is 15.4. The molecule has 1 aliphatic carbocycles. The standard InChI is InChI=1S/C53H36N2/c1-53(2)46-19-11-18-40(39-25-26-49(55-32-39)48-20-9-10-27-54-48)52(46)45-30-43-44(31-47(45)53)51(38-24-22-34-13-4-6-15-36(34)29-38)42-17-8-7-16-41(42)50(43)37-23-21-33-12-3-5-14-35(33)28-37/h3-32H,1-2H3. The summed E-state index contributed by atoms with van der Waals surface area (Å²) in [5.41, 5.74) is 14.1. The highest BCUT2D eigenvalue weighted by Gasteiger charge is 2.38. The molecule has 2 aromatic heterocycles. The lowest BCUT2D eigenvalue weighted by molar-refractivity contribution is 0.661.